The van der Waals surface area contributed by atoms with Crippen LogP contribution in [0.4, 0.5) is 0 Å². The molecule has 0 N–H and O–H groups in total. The minimum absolute atomic E-state index is 0.0000687. The van der Waals surface area contributed by atoms with E-state index in [1.807, 2.05) is 34.1 Å². The number of amides is 2. The highest BCUT2D eigenvalue weighted by Crippen LogP contribution is 2.18. The molecule has 1 aromatic carbocycles. The lowest BCUT2D eigenvalue weighted by molar-refractivity contribution is -0.140. The summed E-state index contributed by atoms with van der Waals surface area (Å²) in [5.74, 6) is 0.908. The van der Waals surface area contributed by atoms with Crippen molar-refractivity contribution in [1.82, 2.24) is 14.7 Å². The van der Waals surface area contributed by atoms with Crippen molar-refractivity contribution in [1.29, 1.82) is 0 Å². The second-order valence-corrected chi connectivity index (χ2v) is 8.17. The first-order valence-electron chi connectivity index (χ1n) is 9.74. The fourth-order valence-electron chi connectivity index (χ4n) is 3.59. The van der Waals surface area contributed by atoms with Crippen LogP contribution in [-0.4, -0.2) is 78.4 Å². The van der Waals surface area contributed by atoms with Crippen LogP contribution >= 0.6 is 15.9 Å². The molecule has 0 bridgehead atoms. The van der Waals surface area contributed by atoms with Gasteiger partial charge in [-0.25, -0.2) is 0 Å². The normalized spacial score (nSPS) is 19.6. The van der Waals surface area contributed by atoms with Gasteiger partial charge in [-0.2, -0.15) is 0 Å². The number of hydrogen-bond donors (Lipinski definition) is 0. The number of ether oxygens (including phenoxy) is 1. The predicted molar refractivity (Wildman–Crippen MR) is 108 cm³/mol. The Bertz CT molecular complexity index is 638. The topological polar surface area (TPSA) is 53.1 Å². The molecule has 7 heteroatoms. The summed E-state index contributed by atoms with van der Waals surface area (Å²) >= 11 is 3.39. The van der Waals surface area contributed by atoms with E-state index in [0.29, 0.717) is 25.4 Å². The molecule has 0 spiro atoms. The quantitative estimate of drug-likeness (QED) is 0.709. The van der Waals surface area contributed by atoms with E-state index in [2.05, 4.69) is 20.8 Å². The fraction of sp³-hybridized carbons (Fsp3) is 0.600. The van der Waals surface area contributed by atoms with Crippen LogP contribution in [0.5, 0.6) is 5.75 Å². The summed E-state index contributed by atoms with van der Waals surface area (Å²) in [4.78, 5) is 31.0. The Balaban J connectivity index is 1.43. The number of carbonyl (C=O) groups excluding carboxylic acids is 2. The molecule has 2 heterocycles. The van der Waals surface area contributed by atoms with Crippen molar-refractivity contribution in [3.63, 3.8) is 0 Å². The van der Waals surface area contributed by atoms with Crippen LogP contribution in [-0.2, 0) is 9.59 Å². The minimum atomic E-state index is -0.521. The molecular weight excluding hydrogens is 410 g/mol. The SMILES string of the molecule is CC(Oc1ccc(Br)cc1)C(=O)N1CCN(CC(=O)N2CCCCC2)CC1. The number of piperazine rings is 1. The maximum Gasteiger partial charge on any atom is 0.263 e. The van der Waals surface area contributed by atoms with Gasteiger partial charge in [-0.15, -0.1) is 0 Å². The van der Waals surface area contributed by atoms with Crippen LogP contribution in [0.25, 0.3) is 0 Å². The lowest BCUT2D eigenvalue weighted by Crippen LogP contribution is -2.54. The molecule has 27 heavy (non-hydrogen) atoms. The molecule has 2 fully saturated rings. The molecule has 0 saturated carbocycles. The van der Waals surface area contributed by atoms with E-state index >= 15 is 0 Å². The van der Waals surface area contributed by atoms with E-state index in [4.69, 9.17) is 4.74 Å². The van der Waals surface area contributed by atoms with Gasteiger partial charge in [0, 0.05) is 43.7 Å². The molecule has 2 aliphatic heterocycles. The Kier molecular flexibility index (Phi) is 7.13. The zero-order valence-corrected chi connectivity index (χ0v) is 17.5. The van der Waals surface area contributed by atoms with Gasteiger partial charge in [0.2, 0.25) is 5.91 Å². The number of rotatable bonds is 5. The van der Waals surface area contributed by atoms with Crippen LogP contribution in [0.2, 0.25) is 0 Å². The van der Waals surface area contributed by atoms with Gasteiger partial charge in [0.1, 0.15) is 5.75 Å². The van der Waals surface area contributed by atoms with E-state index in [0.717, 1.165) is 43.5 Å². The third kappa shape index (κ3) is 5.69. The first kappa shape index (κ1) is 20.1. The highest BCUT2D eigenvalue weighted by atomic mass is 79.9. The van der Waals surface area contributed by atoms with Crippen LogP contribution in [0.15, 0.2) is 28.7 Å². The lowest BCUT2D eigenvalue weighted by atomic mass is 10.1. The van der Waals surface area contributed by atoms with Gasteiger partial charge < -0.3 is 14.5 Å². The summed E-state index contributed by atoms with van der Waals surface area (Å²) in [6.45, 7) is 6.78. The number of likely N-dealkylation sites (tertiary alicyclic amines) is 1. The second kappa shape index (κ2) is 9.55. The third-order valence-corrected chi connectivity index (χ3v) is 5.75. The van der Waals surface area contributed by atoms with E-state index < -0.39 is 6.10 Å². The van der Waals surface area contributed by atoms with Gasteiger partial charge in [0.25, 0.3) is 5.91 Å². The summed E-state index contributed by atoms with van der Waals surface area (Å²) in [6.07, 6.45) is 2.94. The molecule has 1 aromatic rings. The molecule has 1 unspecified atom stereocenters. The maximum absolute atomic E-state index is 12.6. The van der Waals surface area contributed by atoms with Crippen LogP contribution in [0.3, 0.4) is 0 Å². The Labute approximate surface area is 169 Å². The number of benzene rings is 1. The summed E-state index contributed by atoms with van der Waals surface area (Å²) < 4.78 is 6.74. The molecule has 3 rings (SSSR count). The standard InChI is InChI=1S/C20H28BrN3O3/c1-16(27-18-7-5-17(21)6-8-18)20(26)24-13-11-22(12-14-24)15-19(25)23-9-3-2-4-10-23/h5-8,16H,2-4,9-15H2,1H3. The number of nitrogens with zero attached hydrogens (tertiary/aromatic N) is 3. The van der Waals surface area contributed by atoms with Crippen molar-refractivity contribution < 1.29 is 14.3 Å². The van der Waals surface area contributed by atoms with Crippen molar-refractivity contribution >= 4 is 27.7 Å². The van der Waals surface area contributed by atoms with Crippen molar-refractivity contribution in [2.75, 3.05) is 45.8 Å². The smallest absolute Gasteiger partial charge is 0.263 e. The molecule has 1 atom stereocenters. The first-order valence-corrected chi connectivity index (χ1v) is 10.5. The summed E-state index contributed by atoms with van der Waals surface area (Å²) in [6, 6.07) is 7.48. The molecule has 0 aromatic heterocycles. The van der Waals surface area contributed by atoms with Crippen LogP contribution < -0.4 is 4.74 Å². The Morgan fingerprint density at radius 3 is 2.22 bits per heavy atom. The summed E-state index contributed by atoms with van der Waals surface area (Å²) in [5, 5.41) is 0. The Hall–Kier alpha value is -1.60. The van der Waals surface area contributed by atoms with E-state index in [1.54, 1.807) is 6.92 Å². The molecule has 2 saturated heterocycles. The molecule has 2 aliphatic rings. The average Bonchev–Trinajstić information content (AvgIpc) is 2.70. The van der Waals surface area contributed by atoms with Crippen molar-refractivity contribution in [3.05, 3.63) is 28.7 Å². The number of halogens is 1. The highest BCUT2D eigenvalue weighted by Gasteiger charge is 2.27. The average molecular weight is 438 g/mol. The number of piperidine rings is 1. The molecule has 2 amide bonds. The monoisotopic (exact) mass is 437 g/mol. The van der Waals surface area contributed by atoms with Crippen molar-refractivity contribution in [2.24, 2.45) is 0 Å². The van der Waals surface area contributed by atoms with Crippen molar-refractivity contribution in [2.45, 2.75) is 32.3 Å². The lowest BCUT2D eigenvalue weighted by Gasteiger charge is -2.36. The van der Waals surface area contributed by atoms with E-state index in [1.165, 1.54) is 6.42 Å². The molecule has 6 nitrogen and oxygen atoms in total. The highest BCUT2D eigenvalue weighted by molar-refractivity contribution is 9.10. The predicted octanol–water partition coefficient (Wildman–Crippen LogP) is 2.37. The van der Waals surface area contributed by atoms with E-state index in [9.17, 15) is 9.59 Å². The number of hydrogen-bond acceptors (Lipinski definition) is 4. The minimum Gasteiger partial charge on any atom is -0.481 e. The Morgan fingerprint density at radius 2 is 1.59 bits per heavy atom. The summed E-state index contributed by atoms with van der Waals surface area (Å²) in [7, 11) is 0. The van der Waals surface area contributed by atoms with Crippen molar-refractivity contribution in [3.8, 4) is 5.75 Å². The molecule has 0 radical (unpaired) electrons. The van der Waals surface area contributed by atoms with Crippen LogP contribution in [0, 0.1) is 0 Å². The zero-order valence-electron chi connectivity index (χ0n) is 15.9. The number of carbonyl (C=O) groups is 2. The third-order valence-electron chi connectivity index (χ3n) is 5.23. The van der Waals surface area contributed by atoms with Gasteiger partial charge in [-0.05, 0) is 50.5 Å². The molecule has 148 valence electrons. The largest absolute Gasteiger partial charge is 0.481 e. The fourth-order valence-corrected chi connectivity index (χ4v) is 3.85. The van der Waals surface area contributed by atoms with Gasteiger partial charge in [0.05, 0.1) is 6.54 Å². The maximum atomic E-state index is 12.6. The second-order valence-electron chi connectivity index (χ2n) is 7.26. The molecular formula is C20H28BrN3O3. The Morgan fingerprint density at radius 1 is 0.963 bits per heavy atom. The first-order chi connectivity index (χ1) is 13.0. The van der Waals surface area contributed by atoms with Gasteiger partial charge in [0.15, 0.2) is 6.10 Å². The van der Waals surface area contributed by atoms with Gasteiger partial charge in [-0.3, -0.25) is 14.5 Å². The summed E-state index contributed by atoms with van der Waals surface area (Å²) in [5.41, 5.74) is 0. The zero-order chi connectivity index (χ0) is 19.2. The van der Waals surface area contributed by atoms with Gasteiger partial charge in [-0.1, -0.05) is 15.9 Å². The van der Waals surface area contributed by atoms with E-state index in [-0.39, 0.29) is 11.8 Å². The molecule has 0 aliphatic carbocycles. The van der Waals surface area contributed by atoms with Crippen LogP contribution in [0.1, 0.15) is 26.2 Å². The van der Waals surface area contributed by atoms with Gasteiger partial charge >= 0.3 is 0 Å².